The largest absolute Gasteiger partial charge is 0.493 e. The number of anilines is 1. The van der Waals surface area contributed by atoms with Gasteiger partial charge in [0.25, 0.3) is 5.91 Å². The number of hydrogen-bond donors (Lipinski definition) is 1. The molecule has 27 heavy (non-hydrogen) atoms. The van der Waals surface area contributed by atoms with E-state index >= 15 is 0 Å². The summed E-state index contributed by atoms with van der Waals surface area (Å²) in [6.45, 7) is 8.35. The molecule has 0 aliphatic heterocycles. The molecule has 1 N–H and O–H groups in total. The Morgan fingerprint density at radius 3 is 1.96 bits per heavy atom. The van der Waals surface area contributed by atoms with E-state index in [2.05, 4.69) is 45.1 Å². The lowest BCUT2D eigenvalue weighted by Gasteiger charge is -2.20. The van der Waals surface area contributed by atoms with Crippen molar-refractivity contribution in [2.24, 2.45) is 0 Å². The number of nitrogens with one attached hydrogen (secondary N) is 1. The third-order valence-electron chi connectivity index (χ3n) is 4.36. The molecule has 0 aromatic heterocycles. The Kier molecular flexibility index (Phi) is 7.11. The number of carbonyl (C=O) groups is 1. The second-order valence-corrected chi connectivity index (χ2v) is 6.95. The number of carbonyl (C=O) groups excluding carboxylic acids is 1. The van der Waals surface area contributed by atoms with Gasteiger partial charge in [0.1, 0.15) is 0 Å². The number of para-hydroxylation sites is 2. The zero-order valence-corrected chi connectivity index (χ0v) is 17.0. The van der Waals surface area contributed by atoms with Crippen LogP contribution in [0.15, 0.2) is 36.4 Å². The number of amides is 1. The summed E-state index contributed by atoms with van der Waals surface area (Å²) in [7, 11) is 3.10. The molecule has 0 spiro atoms. The van der Waals surface area contributed by atoms with Crippen LogP contribution in [0.25, 0.3) is 0 Å². The van der Waals surface area contributed by atoms with Crippen LogP contribution in [0.2, 0.25) is 0 Å². The van der Waals surface area contributed by atoms with Crippen molar-refractivity contribution in [2.45, 2.75) is 39.5 Å². The number of methoxy groups -OCH3 is 2. The Morgan fingerprint density at radius 1 is 0.889 bits per heavy atom. The van der Waals surface area contributed by atoms with Crippen LogP contribution in [0.5, 0.6) is 17.2 Å². The molecule has 0 saturated heterocycles. The summed E-state index contributed by atoms with van der Waals surface area (Å²) < 4.78 is 16.3. The van der Waals surface area contributed by atoms with Gasteiger partial charge in [-0.05, 0) is 35.1 Å². The minimum atomic E-state index is -0.213. The Balaban J connectivity index is 2.18. The minimum absolute atomic E-state index is 0.118. The van der Waals surface area contributed by atoms with Gasteiger partial charge in [0.15, 0.2) is 18.1 Å². The third-order valence-corrected chi connectivity index (χ3v) is 4.36. The van der Waals surface area contributed by atoms with Gasteiger partial charge in [-0.3, -0.25) is 4.79 Å². The average Bonchev–Trinajstić information content (AvgIpc) is 2.65. The van der Waals surface area contributed by atoms with Gasteiger partial charge in [-0.1, -0.05) is 52.0 Å². The molecule has 0 heterocycles. The molecular formula is C22H29NO4. The summed E-state index contributed by atoms with van der Waals surface area (Å²) in [4.78, 5) is 12.6. The van der Waals surface area contributed by atoms with Crippen molar-refractivity contribution < 1.29 is 19.0 Å². The normalized spacial score (nSPS) is 10.8. The van der Waals surface area contributed by atoms with E-state index < -0.39 is 0 Å². The lowest BCUT2D eigenvalue weighted by Crippen LogP contribution is -2.22. The predicted molar refractivity (Wildman–Crippen MR) is 108 cm³/mol. The lowest BCUT2D eigenvalue weighted by molar-refractivity contribution is -0.118. The fourth-order valence-corrected chi connectivity index (χ4v) is 2.99. The first kappa shape index (κ1) is 20.6. The summed E-state index contributed by atoms with van der Waals surface area (Å²) >= 11 is 0. The van der Waals surface area contributed by atoms with Crippen molar-refractivity contribution in [3.05, 3.63) is 47.5 Å². The number of benzene rings is 2. The maximum Gasteiger partial charge on any atom is 0.262 e. The first-order valence-electron chi connectivity index (χ1n) is 9.15. The molecule has 0 aliphatic rings. The van der Waals surface area contributed by atoms with Crippen LogP contribution >= 0.6 is 0 Å². The van der Waals surface area contributed by atoms with E-state index in [9.17, 15) is 4.79 Å². The van der Waals surface area contributed by atoms with Crippen molar-refractivity contribution >= 4 is 11.6 Å². The highest BCUT2D eigenvalue weighted by Crippen LogP contribution is 2.37. The summed E-state index contributed by atoms with van der Waals surface area (Å²) in [5.74, 6) is 1.89. The van der Waals surface area contributed by atoms with E-state index in [0.29, 0.717) is 29.1 Å². The molecule has 0 saturated carbocycles. The van der Waals surface area contributed by atoms with E-state index in [0.717, 1.165) is 16.8 Å². The second-order valence-electron chi connectivity index (χ2n) is 6.95. The van der Waals surface area contributed by atoms with Gasteiger partial charge in [-0.2, -0.15) is 0 Å². The molecular weight excluding hydrogens is 342 g/mol. The van der Waals surface area contributed by atoms with Gasteiger partial charge in [0.05, 0.1) is 14.2 Å². The van der Waals surface area contributed by atoms with Crippen LogP contribution in [0.3, 0.4) is 0 Å². The Labute approximate surface area is 161 Å². The van der Waals surface area contributed by atoms with Crippen molar-refractivity contribution in [1.82, 2.24) is 0 Å². The topological polar surface area (TPSA) is 56.8 Å². The summed E-state index contributed by atoms with van der Waals surface area (Å²) in [6, 6.07) is 11.5. The van der Waals surface area contributed by atoms with Crippen molar-refractivity contribution in [1.29, 1.82) is 0 Å². The average molecular weight is 371 g/mol. The van der Waals surface area contributed by atoms with Crippen molar-refractivity contribution in [3.8, 4) is 17.2 Å². The third kappa shape index (κ3) is 4.94. The highest BCUT2D eigenvalue weighted by Gasteiger charge is 2.17. The Bertz CT molecular complexity index is 758. The molecule has 2 aromatic carbocycles. The summed E-state index contributed by atoms with van der Waals surface area (Å²) in [5, 5.41) is 3.04. The second kappa shape index (κ2) is 9.31. The van der Waals surface area contributed by atoms with Gasteiger partial charge < -0.3 is 19.5 Å². The Hall–Kier alpha value is -2.69. The van der Waals surface area contributed by atoms with Crippen molar-refractivity contribution in [3.63, 3.8) is 0 Å². The van der Waals surface area contributed by atoms with Crippen LogP contribution in [0.1, 0.15) is 50.7 Å². The van der Waals surface area contributed by atoms with E-state index in [-0.39, 0.29) is 12.5 Å². The van der Waals surface area contributed by atoms with Gasteiger partial charge >= 0.3 is 0 Å². The molecule has 0 aliphatic carbocycles. The molecule has 0 unspecified atom stereocenters. The smallest absolute Gasteiger partial charge is 0.262 e. The van der Waals surface area contributed by atoms with Crippen molar-refractivity contribution in [2.75, 3.05) is 26.1 Å². The van der Waals surface area contributed by atoms with Crippen LogP contribution < -0.4 is 19.5 Å². The highest BCUT2D eigenvalue weighted by molar-refractivity contribution is 5.93. The molecule has 0 bridgehead atoms. The van der Waals surface area contributed by atoms with E-state index in [1.165, 1.54) is 0 Å². The molecule has 5 heteroatoms. The predicted octanol–water partition coefficient (Wildman–Crippen LogP) is 4.97. The Morgan fingerprint density at radius 2 is 1.44 bits per heavy atom. The van der Waals surface area contributed by atoms with Crippen LogP contribution in [-0.4, -0.2) is 26.7 Å². The maximum absolute atomic E-state index is 12.6. The first-order valence-corrected chi connectivity index (χ1v) is 9.15. The van der Waals surface area contributed by atoms with Gasteiger partial charge in [-0.25, -0.2) is 0 Å². The summed E-state index contributed by atoms with van der Waals surface area (Å²) in [6.07, 6.45) is 0. The summed E-state index contributed by atoms with van der Waals surface area (Å²) in [5.41, 5.74) is 3.12. The molecule has 0 radical (unpaired) electrons. The molecule has 2 rings (SSSR count). The van der Waals surface area contributed by atoms with Crippen LogP contribution in [0, 0.1) is 0 Å². The van der Waals surface area contributed by atoms with Gasteiger partial charge in [0, 0.05) is 5.69 Å². The fourth-order valence-electron chi connectivity index (χ4n) is 2.99. The van der Waals surface area contributed by atoms with Crippen LogP contribution in [0.4, 0.5) is 5.69 Å². The standard InChI is InChI=1S/C22H29NO4/c1-14(2)16-9-7-10-17(15(3)4)21(16)23-20(24)13-27-19-12-8-11-18(25-5)22(19)26-6/h7-12,14-15H,13H2,1-6H3,(H,23,24). The monoisotopic (exact) mass is 371 g/mol. The number of hydrogen-bond acceptors (Lipinski definition) is 4. The minimum Gasteiger partial charge on any atom is -0.493 e. The van der Waals surface area contributed by atoms with E-state index in [4.69, 9.17) is 14.2 Å². The molecule has 5 nitrogen and oxygen atoms in total. The molecule has 146 valence electrons. The SMILES string of the molecule is COc1cccc(OCC(=O)Nc2c(C(C)C)cccc2C(C)C)c1OC. The molecule has 1 amide bonds. The zero-order valence-electron chi connectivity index (χ0n) is 17.0. The molecule has 0 fully saturated rings. The first-order chi connectivity index (χ1) is 12.9. The number of ether oxygens (including phenoxy) is 3. The molecule has 2 aromatic rings. The fraction of sp³-hybridized carbons (Fsp3) is 0.409. The van der Waals surface area contributed by atoms with Gasteiger partial charge in [0.2, 0.25) is 5.75 Å². The maximum atomic E-state index is 12.6. The quantitative estimate of drug-likeness (QED) is 0.712. The number of rotatable bonds is 8. The lowest BCUT2D eigenvalue weighted by atomic mass is 9.92. The van der Waals surface area contributed by atoms with Crippen LogP contribution in [-0.2, 0) is 4.79 Å². The highest BCUT2D eigenvalue weighted by atomic mass is 16.5. The van der Waals surface area contributed by atoms with E-state index in [1.807, 2.05) is 6.07 Å². The molecule has 0 atom stereocenters. The van der Waals surface area contributed by atoms with E-state index in [1.54, 1.807) is 32.4 Å². The zero-order chi connectivity index (χ0) is 20.0. The van der Waals surface area contributed by atoms with Gasteiger partial charge in [-0.15, -0.1) is 0 Å².